The number of likely N-dealkylation sites (tertiary alicyclic amines) is 1. The molecule has 2 aromatic carbocycles. The minimum absolute atomic E-state index is 0.0747. The Labute approximate surface area is 190 Å². The number of hydrogen-bond donors (Lipinski definition) is 1. The van der Waals surface area contributed by atoms with E-state index in [1.54, 1.807) is 11.1 Å². The maximum Gasteiger partial charge on any atom is 0.409 e. The van der Waals surface area contributed by atoms with Crippen molar-refractivity contribution in [2.45, 2.75) is 24.3 Å². The third-order valence-corrected chi connectivity index (χ3v) is 7.11. The van der Waals surface area contributed by atoms with Crippen LogP contribution in [0.1, 0.15) is 29.9 Å². The number of nitrogens with two attached hydrogens (primary N) is 1. The van der Waals surface area contributed by atoms with Crippen molar-refractivity contribution in [3.05, 3.63) is 76.5 Å². The number of benzene rings is 2. The molecule has 0 bridgehead atoms. The molecule has 2 N–H and O–H groups in total. The summed E-state index contributed by atoms with van der Waals surface area (Å²) in [6, 6.07) is 16.7. The summed E-state index contributed by atoms with van der Waals surface area (Å²) in [5, 5.41) is 4.44. The summed E-state index contributed by atoms with van der Waals surface area (Å²) < 4.78 is 8.68. The van der Waals surface area contributed by atoms with Crippen LogP contribution in [-0.4, -0.2) is 47.0 Å². The van der Waals surface area contributed by atoms with Gasteiger partial charge in [-0.1, -0.05) is 48.5 Å². The second-order valence-corrected chi connectivity index (χ2v) is 9.24. The van der Waals surface area contributed by atoms with Gasteiger partial charge in [-0.3, -0.25) is 4.68 Å². The number of rotatable bonds is 4. The number of nitrogens with zero attached hydrogens (tertiary/aromatic N) is 3. The van der Waals surface area contributed by atoms with Crippen molar-refractivity contribution >= 4 is 22.0 Å². The Hall–Kier alpha value is -2.64. The van der Waals surface area contributed by atoms with E-state index >= 15 is 0 Å². The largest absolute Gasteiger partial charge is 0.448 e. The number of aromatic nitrogens is 2. The Kier molecular flexibility index (Phi) is 5.32. The lowest BCUT2D eigenvalue weighted by Crippen LogP contribution is -2.52. The van der Waals surface area contributed by atoms with Gasteiger partial charge in [0, 0.05) is 31.7 Å². The summed E-state index contributed by atoms with van der Waals surface area (Å²) in [6.07, 6.45) is 4.98. The molecule has 1 aliphatic carbocycles. The minimum atomic E-state index is -0.258. The van der Waals surface area contributed by atoms with E-state index in [1.165, 1.54) is 22.3 Å². The van der Waals surface area contributed by atoms with Crippen LogP contribution >= 0.6 is 15.9 Å². The van der Waals surface area contributed by atoms with E-state index in [0.29, 0.717) is 26.2 Å². The van der Waals surface area contributed by atoms with Gasteiger partial charge in [0.2, 0.25) is 0 Å². The maximum atomic E-state index is 12.9. The first-order chi connectivity index (χ1) is 15.1. The van der Waals surface area contributed by atoms with Crippen LogP contribution in [-0.2, 0) is 10.3 Å². The number of hydrogen-bond acceptors (Lipinski definition) is 4. The van der Waals surface area contributed by atoms with E-state index in [9.17, 15) is 4.79 Å². The zero-order valence-corrected chi connectivity index (χ0v) is 18.8. The summed E-state index contributed by atoms with van der Waals surface area (Å²) in [4.78, 5) is 14.7. The number of carbonyl (C=O) groups excluding carboxylic acids is 1. The van der Waals surface area contributed by atoms with Crippen molar-refractivity contribution < 1.29 is 9.53 Å². The molecular formula is C24H25BrN4O2. The van der Waals surface area contributed by atoms with Gasteiger partial charge in [-0.25, -0.2) is 4.79 Å². The fraction of sp³-hybridized carbons (Fsp3) is 0.333. The van der Waals surface area contributed by atoms with Gasteiger partial charge in [-0.2, -0.15) is 5.10 Å². The first kappa shape index (κ1) is 20.3. The molecule has 2 heterocycles. The monoisotopic (exact) mass is 480 g/mol. The second-order valence-electron chi connectivity index (χ2n) is 8.32. The topological polar surface area (TPSA) is 73.4 Å². The summed E-state index contributed by atoms with van der Waals surface area (Å²) in [6.45, 7) is 2.04. The Morgan fingerprint density at radius 1 is 1.10 bits per heavy atom. The zero-order valence-electron chi connectivity index (χ0n) is 17.2. The molecule has 1 fully saturated rings. The average molecular weight is 481 g/mol. The van der Waals surface area contributed by atoms with Crippen LogP contribution in [0.25, 0.3) is 11.1 Å². The van der Waals surface area contributed by atoms with E-state index in [4.69, 9.17) is 10.5 Å². The first-order valence-electron chi connectivity index (χ1n) is 10.6. The Morgan fingerprint density at radius 2 is 1.71 bits per heavy atom. The highest BCUT2D eigenvalue weighted by atomic mass is 79.9. The van der Waals surface area contributed by atoms with Gasteiger partial charge >= 0.3 is 6.09 Å². The molecule has 3 aromatic rings. The lowest BCUT2D eigenvalue weighted by atomic mass is 9.88. The van der Waals surface area contributed by atoms with E-state index in [-0.39, 0.29) is 17.6 Å². The summed E-state index contributed by atoms with van der Waals surface area (Å²) in [5.74, 6) is 0.0747. The highest BCUT2D eigenvalue weighted by Gasteiger charge is 2.38. The number of piperidine rings is 1. The van der Waals surface area contributed by atoms with Crippen LogP contribution < -0.4 is 5.73 Å². The molecule has 0 spiro atoms. The van der Waals surface area contributed by atoms with Crippen LogP contribution in [0.3, 0.4) is 0 Å². The molecule has 7 heteroatoms. The van der Waals surface area contributed by atoms with Gasteiger partial charge in [-0.05, 0) is 51.0 Å². The molecule has 0 atom stereocenters. The number of fused-ring (bicyclic) bond motifs is 3. The van der Waals surface area contributed by atoms with E-state index in [1.807, 2.05) is 23.0 Å². The predicted octanol–water partition coefficient (Wildman–Crippen LogP) is 4.34. The van der Waals surface area contributed by atoms with Crippen molar-refractivity contribution in [1.29, 1.82) is 0 Å². The van der Waals surface area contributed by atoms with Crippen LogP contribution in [0.4, 0.5) is 4.79 Å². The van der Waals surface area contributed by atoms with Gasteiger partial charge in [0.25, 0.3) is 0 Å². The highest BCUT2D eigenvalue weighted by Crippen LogP contribution is 2.44. The maximum absolute atomic E-state index is 12.9. The molecular weight excluding hydrogens is 456 g/mol. The number of amides is 1. The Bertz CT molecular complexity index is 1060. The van der Waals surface area contributed by atoms with E-state index in [2.05, 4.69) is 57.4 Å². The van der Waals surface area contributed by atoms with Crippen LogP contribution in [0.15, 0.2) is 65.4 Å². The van der Waals surface area contributed by atoms with Crippen molar-refractivity contribution in [3.63, 3.8) is 0 Å². The molecule has 0 saturated carbocycles. The molecule has 6 nitrogen and oxygen atoms in total. The third-order valence-electron chi connectivity index (χ3n) is 6.71. The first-order valence-corrected chi connectivity index (χ1v) is 11.4. The Morgan fingerprint density at radius 3 is 2.26 bits per heavy atom. The van der Waals surface area contributed by atoms with Gasteiger partial charge in [0.1, 0.15) is 6.61 Å². The molecule has 2 aliphatic rings. The average Bonchev–Trinajstić information content (AvgIpc) is 3.39. The third kappa shape index (κ3) is 3.55. The quantitative estimate of drug-likeness (QED) is 0.602. The van der Waals surface area contributed by atoms with Gasteiger partial charge in [-0.15, -0.1) is 0 Å². The van der Waals surface area contributed by atoms with Crippen LogP contribution in [0, 0.1) is 0 Å². The van der Waals surface area contributed by atoms with Crippen LogP contribution in [0.2, 0.25) is 0 Å². The summed E-state index contributed by atoms with van der Waals surface area (Å²) >= 11 is 3.45. The molecule has 160 valence electrons. The van der Waals surface area contributed by atoms with Crippen molar-refractivity contribution in [3.8, 4) is 11.1 Å². The molecule has 1 amide bonds. The lowest BCUT2D eigenvalue weighted by Gasteiger charge is -2.40. The van der Waals surface area contributed by atoms with Crippen LogP contribution in [0.5, 0.6) is 0 Å². The minimum Gasteiger partial charge on any atom is -0.448 e. The van der Waals surface area contributed by atoms with Crippen molar-refractivity contribution in [1.82, 2.24) is 14.7 Å². The molecule has 1 saturated heterocycles. The molecule has 1 aromatic heterocycles. The smallest absolute Gasteiger partial charge is 0.409 e. The van der Waals surface area contributed by atoms with E-state index < -0.39 is 0 Å². The van der Waals surface area contributed by atoms with Gasteiger partial charge < -0.3 is 15.4 Å². The van der Waals surface area contributed by atoms with Crippen molar-refractivity contribution in [2.75, 3.05) is 26.2 Å². The van der Waals surface area contributed by atoms with Gasteiger partial charge in [0.15, 0.2) is 0 Å². The molecule has 5 rings (SSSR count). The number of ether oxygens (including phenoxy) is 1. The standard InChI is InChI=1S/C24H25BrN4O2/c25-17-13-27-29(14-17)24(16-26)9-11-28(12-10-24)23(30)31-15-22-20-7-3-1-5-18(20)19-6-2-4-8-21(19)22/h1-8,13-14,22H,9-12,15-16,26H2. The predicted molar refractivity (Wildman–Crippen MR) is 123 cm³/mol. The molecule has 1 aliphatic heterocycles. The Balaban J connectivity index is 1.25. The molecule has 31 heavy (non-hydrogen) atoms. The number of carbonyl (C=O) groups is 1. The van der Waals surface area contributed by atoms with Crippen molar-refractivity contribution in [2.24, 2.45) is 5.73 Å². The zero-order chi connectivity index (χ0) is 21.4. The SMILES string of the molecule is NCC1(n2cc(Br)cn2)CCN(C(=O)OCC2c3ccccc3-c3ccccc32)CC1. The fourth-order valence-electron chi connectivity index (χ4n) is 4.88. The summed E-state index contributed by atoms with van der Waals surface area (Å²) in [5.41, 5.74) is 10.8. The highest BCUT2D eigenvalue weighted by molar-refractivity contribution is 9.10. The molecule has 0 unspecified atom stereocenters. The molecule has 0 radical (unpaired) electrons. The van der Waals surface area contributed by atoms with E-state index in [0.717, 1.165) is 17.3 Å². The lowest BCUT2D eigenvalue weighted by molar-refractivity contribution is 0.0651. The fourth-order valence-corrected chi connectivity index (χ4v) is 5.16. The van der Waals surface area contributed by atoms with Gasteiger partial charge in [0.05, 0.1) is 16.2 Å². The second kappa shape index (κ2) is 8.13. The number of halogens is 1. The normalized spacial score (nSPS) is 17.3. The summed E-state index contributed by atoms with van der Waals surface area (Å²) in [7, 11) is 0.